The molecule has 7 heteroatoms. The lowest BCUT2D eigenvalue weighted by Gasteiger charge is -2.28. The number of sulfonamides is 1. The molecule has 29 heavy (non-hydrogen) atoms. The van der Waals surface area contributed by atoms with Crippen molar-refractivity contribution in [3.05, 3.63) is 65.5 Å². The van der Waals surface area contributed by atoms with Gasteiger partial charge in [-0.15, -0.1) is 0 Å². The number of nitrogens with zero attached hydrogens (tertiary/aromatic N) is 1. The first-order chi connectivity index (χ1) is 13.7. The maximum Gasteiger partial charge on any atom is 0.252 e. The molecule has 0 aliphatic carbocycles. The minimum Gasteiger partial charge on any atom is -0.351 e. The van der Waals surface area contributed by atoms with Crippen molar-refractivity contribution < 1.29 is 17.6 Å². The fourth-order valence-corrected chi connectivity index (χ4v) is 5.33. The summed E-state index contributed by atoms with van der Waals surface area (Å²) in [4.78, 5) is 12.9. The van der Waals surface area contributed by atoms with Crippen molar-refractivity contribution in [2.24, 2.45) is 0 Å². The quantitative estimate of drug-likeness (QED) is 0.778. The van der Waals surface area contributed by atoms with Gasteiger partial charge in [-0.05, 0) is 36.6 Å². The SMILES string of the molecule is CC(C)(CNC(=O)c1ccccc1S(=O)(=O)N1CCCCC1)c1ccccc1F. The first-order valence-corrected chi connectivity index (χ1v) is 11.3. The van der Waals surface area contributed by atoms with E-state index in [4.69, 9.17) is 0 Å². The number of rotatable bonds is 6. The Balaban J connectivity index is 1.81. The lowest BCUT2D eigenvalue weighted by atomic mass is 9.84. The van der Waals surface area contributed by atoms with Crippen molar-refractivity contribution in [2.45, 2.75) is 43.4 Å². The number of nitrogens with one attached hydrogen (secondary N) is 1. The normalized spacial score (nSPS) is 15.8. The van der Waals surface area contributed by atoms with Gasteiger partial charge in [0.05, 0.1) is 10.5 Å². The largest absolute Gasteiger partial charge is 0.351 e. The summed E-state index contributed by atoms with van der Waals surface area (Å²) in [5.74, 6) is -0.814. The van der Waals surface area contributed by atoms with Crippen LogP contribution in [-0.2, 0) is 15.4 Å². The summed E-state index contributed by atoms with van der Waals surface area (Å²) in [6, 6.07) is 12.7. The van der Waals surface area contributed by atoms with Crippen LogP contribution in [0.25, 0.3) is 0 Å². The van der Waals surface area contributed by atoms with E-state index < -0.39 is 21.3 Å². The van der Waals surface area contributed by atoms with Gasteiger partial charge in [0, 0.05) is 25.0 Å². The molecule has 2 aromatic carbocycles. The second kappa shape index (κ2) is 8.63. The molecule has 1 fully saturated rings. The minimum atomic E-state index is -3.74. The number of carbonyl (C=O) groups excluding carboxylic acids is 1. The van der Waals surface area contributed by atoms with Crippen molar-refractivity contribution in [1.82, 2.24) is 9.62 Å². The lowest BCUT2D eigenvalue weighted by molar-refractivity contribution is 0.0941. The predicted molar refractivity (Wildman–Crippen MR) is 111 cm³/mol. The van der Waals surface area contributed by atoms with E-state index in [2.05, 4.69) is 5.32 Å². The molecule has 2 aromatic rings. The van der Waals surface area contributed by atoms with Gasteiger partial charge in [0.25, 0.3) is 5.91 Å². The van der Waals surface area contributed by atoms with Crippen molar-refractivity contribution in [2.75, 3.05) is 19.6 Å². The van der Waals surface area contributed by atoms with Gasteiger partial charge < -0.3 is 5.32 Å². The molecule has 1 N–H and O–H groups in total. The van der Waals surface area contributed by atoms with Gasteiger partial charge in [0.2, 0.25) is 10.0 Å². The van der Waals surface area contributed by atoms with Crippen molar-refractivity contribution in [1.29, 1.82) is 0 Å². The highest BCUT2D eigenvalue weighted by molar-refractivity contribution is 7.89. The topological polar surface area (TPSA) is 66.5 Å². The van der Waals surface area contributed by atoms with Crippen LogP contribution in [0.15, 0.2) is 53.4 Å². The maximum atomic E-state index is 14.2. The van der Waals surface area contributed by atoms with Gasteiger partial charge >= 0.3 is 0 Å². The summed E-state index contributed by atoms with van der Waals surface area (Å²) in [6.07, 6.45) is 2.66. The Kier molecular flexibility index (Phi) is 6.39. The molecule has 1 heterocycles. The summed E-state index contributed by atoms with van der Waals surface area (Å²) >= 11 is 0. The van der Waals surface area contributed by atoms with E-state index in [-0.39, 0.29) is 22.8 Å². The Morgan fingerprint density at radius 1 is 1.03 bits per heavy atom. The number of amides is 1. The van der Waals surface area contributed by atoms with E-state index in [1.54, 1.807) is 30.3 Å². The standard InChI is InChI=1S/C22H27FN2O3S/c1-22(2,18-11-5-6-12-19(18)23)16-24-21(26)17-10-4-7-13-20(17)29(27,28)25-14-8-3-9-15-25/h4-7,10-13H,3,8-9,14-16H2,1-2H3,(H,24,26). The number of piperidine rings is 1. The molecule has 0 radical (unpaired) electrons. The Bertz CT molecular complexity index is 983. The highest BCUT2D eigenvalue weighted by atomic mass is 32.2. The Hall–Kier alpha value is -2.25. The molecule has 0 saturated carbocycles. The van der Waals surface area contributed by atoms with Gasteiger partial charge in [0.1, 0.15) is 5.82 Å². The fraction of sp³-hybridized carbons (Fsp3) is 0.409. The number of halogens is 1. The van der Waals surface area contributed by atoms with E-state index >= 15 is 0 Å². The third-order valence-electron chi connectivity index (χ3n) is 5.36. The van der Waals surface area contributed by atoms with Crippen molar-refractivity contribution >= 4 is 15.9 Å². The number of benzene rings is 2. The van der Waals surface area contributed by atoms with Crippen molar-refractivity contribution in [3.63, 3.8) is 0 Å². The monoisotopic (exact) mass is 418 g/mol. The zero-order valence-corrected chi connectivity index (χ0v) is 17.6. The fourth-order valence-electron chi connectivity index (χ4n) is 3.63. The Morgan fingerprint density at radius 3 is 2.34 bits per heavy atom. The van der Waals surface area contributed by atoms with Gasteiger partial charge in [-0.3, -0.25) is 4.79 Å². The average molecular weight is 419 g/mol. The number of hydrogen-bond acceptors (Lipinski definition) is 3. The zero-order chi connectivity index (χ0) is 21.1. The third kappa shape index (κ3) is 4.67. The molecule has 0 atom stereocenters. The molecule has 156 valence electrons. The number of hydrogen-bond donors (Lipinski definition) is 1. The van der Waals surface area contributed by atoms with Crippen LogP contribution in [0.5, 0.6) is 0 Å². The van der Waals surface area contributed by atoms with E-state index in [9.17, 15) is 17.6 Å². The molecule has 1 aliphatic heterocycles. The molecule has 0 bridgehead atoms. The van der Waals surface area contributed by atoms with Gasteiger partial charge in [-0.1, -0.05) is 50.6 Å². The molecule has 1 amide bonds. The van der Waals surface area contributed by atoms with Gasteiger partial charge in [-0.2, -0.15) is 4.31 Å². The Labute approximate surface area is 172 Å². The van der Waals surface area contributed by atoms with Crippen LogP contribution in [0.2, 0.25) is 0 Å². The van der Waals surface area contributed by atoms with Crippen LogP contribution < -0.4 is 5.32 Å². The van der Waals surface area contributed by atoms with Crippen LogP contribution in [0, 0.1) is 5.82 Å². The first-order valence-electron chi connectivity index (χ1n) is 9.86. The highest BCUT2D eigenvalue weighted by Gasteiger charge is 2.31. The van der Waals surface area contributed by atoms with Gasteiger partial charge in [0.15, 0.2) is 0 Å². The molecular weight excluding hydrogens is 391 g/mol. The minimum absolute atomic E-state index is 0.0168. The molecule has 1 aliphatic rings. The van der Waals surface area contributed by atoms with E-state index in [0.29, 0.717) is 18.7 Å². The second-order valence-corrected chi connectivity index (χ2v) is 9.91. The predicted octanol–water partition coefficient (Wildman–Crippen LogP) is 3.71. The Morgan fingerprint density at radius 2 is 1.66 bits per heavy atom. The molecule has 0 spiro atoms. The molecular formula is C22H27FN2O3S. The second-order valence-electron chi connectivity index (χ2n) is 8.01. The smallest absolute Gasteiger partial charge is 0.252 e. The molecule has 5 nitrogen and oxygen atoms in total. The lowest BCUT2D eigenvalue weighted by Crippen LogP contribution is -2.39. The summed E-state index contributed by atoms with van der Waals surface area (Å²) in [5.41, 5.74) is -0.0428. The summed E-state index contributed by atoms with van der Waals surface area (Å²) in [5, 5.41) is 2.79. The molecule has 3 rings (SSSR count). The molecule has 0 unspecified atom stereocenters. The number of carbonyl (C=O) groups is 1. The summed E-state index contributed by atoms with van der Waals surface area (Å²) < 4.78 is 41.8. The van der Waals surface area contributed by atoms with Crippen LogP contribution in [0.4, 0.5) is 4.39 Å². The van der Waals surface area contributed by atoms with Crippen molar-refractivity contribution in [3.8, 4) is 0 Å². The molecule has 0 aromatic heterocycles. The van der Waals surface area contributed by atoms with E-state index in [1.807, 2.05) is 13.8 Å². The van der Waals surface area contributed by atoms with Crippen LogP contribution >= 0.6 is 0 Å². The van der Waals surface area contributed by atoms with Gasteiger partial charge in [-0.25, -0.2) is 12.8 Å². The first kappa shape index (κ1) is 21.5. The highest BCUT2D eigenvalue weighted by Crippen LogP contribution is 2.26. The average Bonchev–Trinajstić information content (AvgIpc) is 2.73. The maximum absolute atomic E-state index is 14.2. The van der Waals surface area contributed by atoms with Crippen LogP contribution in [0.3, 0.4) is 0 Å². The van der Waals surface area contributed by atoms with Crippen LogP contribution in [-0.4, -0.2) is 38.3 Å². The van der Waals surface area contributed by atoms with Crippen LogP contribution in [0.1, 0.15) is 49.0 Å². The zero-order valence-electron chi connectivity index (χ0n) is 16.8. The third-order valence-corrected chi connectivity index (χ3v) is 7.32. The molecule has 1 saturated heterocycles. The summed E-state index contributed by atoms with van der Waals surface area (Å²) in [6.45, 7) is 4.78. The van der Waals surface area contributed by atoms with E-state index in [1.165, 1.54) is 22.5 Å². The van der Waals surface area contributed by atoms with E-state index in [0.717, 1.165) is 19.3 Å². The summed E-state index contributed by atoms with van der Waals surface area (Å²) in [7, 11) is -3.74.